The number of nitrogens with zero attached hydrogens (tertiary/aromatic N) is 2. The summed E-state index contributed by atoms with van der Waals surface area (Å²) < 4.78 is 24.7. The van der Waals surface area contributed by atoms with Crippen molar-refractivity contribution in [2.75, 3.05) is 18.6 Å². The Kier molecular flexibility index (Phi) is 4.12. The summed E-state index contributed by atoms with van der Waals surface area (Å²) in [4.78, 5) is 11.0. The van der Waals surface area contributed by atoms with Gasteiger partial charge in [-0.1, -0.05) is 0 Å². The average Bonchev–Trinajstić information content (AvgIpc) is 2.70. The molecule has 0 unspecified atom stereocenters. The summed E-state index contributed by atoms with van der Waals surface area (Å²) in [5.41, 5.74) is 0.0513. The molecule has 1 saturated heterocycles. The first-order chi connectivity index (χ1) is 8.87. The first-order valence-electron chi connectivity index (χ1n) is 5.73. The van der Waals surface area contributed by atoms with Crippen molar-refractivity contribution in [1.82, 2.24) is 4.31 Å². The number of non-ortho nitro benzene ring substituents is 1. The molecule has 1 aliphatic heterocycles. The van der Waals surface area contributed by atoms with Crippen molar-refractivity contribution in [1.29, 1.82) is 0 Å². The van der Waals surface area contributed by atoms with Gasteiger partial charge in [0.25, 0.3) is 5.69 Å². The van der Waals surface area contributed by atoms with Crippen LogP contribution in [0.15, 0.2) is 29.2 Å². The average molecular weight is 302 g/mol. The van der Waals surface area contributed by atoms with Gasteiger partial charge in [-0.15, -0.1) is 0 Å². The molecular weight excluding hydrogens is 288 g/mol. The predicted molar refractivity (Wildman–Crippen MR) is 73.8 cm³/mol. The van der Waals surface area contributed by atoms with Crippen LogP contribution in [-0.4, -0.2) is 42.2 Å². The second kappa shape index (κ2) is 5.48. The zero-order valence-electron chi connectivity index (χ0n) is 10.4. The lowest BCUT2D eigenvalue weighted by molar-refractivity contribution is -0.384. The third kappa shape index (κ3) is 3.68. The molecule has 2 rings (SSSR count). The Morgan fingerprint density at radius 2 is 2.00 bits per heavy atom. The van der Waals surface area contributed by atoms with E-state index < -0.39 is 14.8 Å². The maximum Gasteiger partial charge on any atom is 0.269 e. The topological polar surface area (TPSA) is 80.5 Å². The molecule has 0 bridgehead atoms. The molecule has 104 valence electrons. The van der Waals surface area contributed by atoms with E-state index in [1.54, 1.807) is 12.1 Å². The monoisotopic (exact) mass is 302 g/mol. The van der Waals surface area contributed by atoms with Gasteiger partial charge >= 0.3 is 0 Å². The molecule has 0 aliphatic carbocycles. The van der Waals surface area contributed by atoms with Crippen LogP contribution in [0.4, 0.5) is 5.69 Å². The summed E-state index contributed by atoms with van der Waals surface area (Å²) in [7, 11) is -1.05. The lowest BCUT2D eigenvalue weighted by Crippen LogP contribution is -2.26. The van der Waals surface area contributed by atoms with Crippen LogP contribution < -0.4 is 0 Å². The molecule has 6 nitrogen and oxygen atoms in total. The summed E-state index contributed by atoms with van der Waals surface area (Å²) in [6.07, 6.45) is 0.638. The van der Waals surface area contributed by atoms with Crippen LogP contribution in [0.3, 0.4) is 0 Å². The molecule has 1 aromatic carbocycles. The molecular formula is C11H14N2O4S2. The van der Waals surface area contributed by atoms with E-state index in [1.807, 2.05) is 11.4 Å². The van der Waals surface area contributed by atoms with Gasteiger partial charge in [0.1, 0.15) is 0 Å². The number of nitro benzene ring substituents is 1. The number of nitro groups is 1. The lowest BCUT2D eigenvalue weighted by Gasteiger charge is -2.21. The van der Waals surface area contributed by atoms with E-state index in [1.165, 1.54) is 24.1 Å². The molecule has 19 heavy (non-hydrogen) atoms. The summed E-state index contributed by atoms with van der Waals surface area (Å²) in [5.74, 6) is 0.423. The summed E-state index contributed by atoms with van der Waals surface area (Å²) in [6, 6.07) is 6.24. The van der Waals surface area contributed by atoms with Gasteiger partial charge in [0.05, 0.1) is 16.4 Å². The summed E-state index contributed by atoms with van der Waals surface area (Å²) in [5, 5.41) is 10.5. The third-order valence-electron chi connectivity index (χ3n) is 3.02. The Balaban J connectivity index is 1.99. The standard InChI is InChI=1S/C11H14N2O4S2/c1-12(10-6-7-19(16,17)8-10)18-11-4-2-9(3-5-11)13(14)15/h2-5,10H,6-8H2,1H3/t10-/m1/s1. The molecule has 0 N–H and O–H groups in total. The lowest BCUT2D eigenvalue weighted by atomic mass is 10.3. The van der Waals surface area contributed by atoms with E-state index in [9.17, 15) is 18.5 Å². The van der Waals surface area contributed by atoms with E-state index in [0.717, 1.165) is 4.90 Å². The molecule has 1 aromatic rings. The zero-order chi connectivity index (χ0) is 14.0. The number of rotatable bonds is 4. The fourth-order valence-electron chi connectivity index (χ4n) is 1.93. The minimum Gasteiger partial charge on any atom is -0.258 e. The van der Waals surface area contributed by atoms with Crippen LogP contribution in [-0.2, 0) is 9.84 Å². The molecule has 0 amide bonds. The molecule has 0 spiro atoms. The van der Waals surface area contributed by atoms with Gasteiger partial charge in [-0.3, -0.25) is 10.1 Å². The highest BCUT2D eigenvalue weighted by Crippen LogP contribution is 2.28. The van der Waals surface area contributed by atoms with Crippen LogP contribution in [0, 0.1) is 10.1 Å². The molecule has 1 heterocycles. The van der Waals surface area contributed by atoms with E-state index >= 15 is 0 Å². The van der Waals surface area contributed by atoms with Gasteiger partial charge in [0.15, 0.2) is 9.84 Å². The van der Waals surface area contributed by atoms with Crippen LogP contribution in [0.1, 0.15) is 6.42 Å². The largest absolute Gasteiger partial charge is 0.269 e. The Hall–Kier alpha value is -1.12. The van der Waals surface area contributed by atoms with Crippen LogP contribution in [0.5, 0.6) is 0 Å². The maximum atomic E-state index is 11.4. The van der Waals surface area contributed by atoms with Gasteiger partial charge in [-0.2, -0.15) is 0 Å². The van der Waals surface area contributed by atoms with Crippen LogP contribution >= 0.6 is 11.9 Å². The van der Waals surface area contributed by atoms with E-state index in [0.29, 0.717) is 6.42 Å². The van der Waals surface area contributed by atoms with Gasteiger partial charge in [0.2, 0.25) is 0 Å². The van der Waals surface area contributed by atoms with Crippen LogP contribution in [0.25, 0.3) is 0 Å². The molecule has 0 radical (unpaired) electrons. The van der Waals surface area contributed by atoms with Crippen molar-refractivity contribution in [2.24, 2.45) is 0 Å². The second-order valence-electron chi connectivity index (χ2n) is 4.45. The minimum atomic E-state index is -2.90. The molecule has 1 fully saturated rings. The smallest absolute Gasteiger partial charge is 0.258 e. The second-order valence-corrected chi connectivity index (χ2v) is 7.90. The van der Waals surface area contributed by atoms with Gasteiger partial charge in [-0.25, -0.2) is 12.7 Å². The molecule has 1 atom stereocenters. The SMILES string of the molecule is CN(Sc1ccc([N+](=O)[O-])cc1)[C@@H]1CCS(=O)(=O)C1. The van der Waals surface area contributed by atoms with Gasteiger partial charge < -0.3 is 0 Å². The van der Waals surface area contributed by atoms with Gasteiger partial charge in [-0.05, 0) is 37.5 Å². The fraction of sp³-hybridized carbons (Fsp3) is 0.455. The van der Waals surface area contributed by atoms with E-state index in [4.69, 9.17) is 0 Å². The Morgan fingerprint density at radius 1 is 1.37 bits per heavy atom. The first kappa shape index (κ1) is 14.3. The molecule has 0 saturated carbocycles. The number of sulfone groups is 1. The highest BCUT2D eigenvalue weighted by Gasteiger charge is 2.31. The van der Waals surface area contributed by atoms with Crippen molar-refractivity contribution in [3.8, 4) is 0 Å². The Morgan fingerprint density at radius 3 is 2.47 bits per heavy atom. The highest BCUT2D eigenvalue weighted by molar-refractivity contribution is 7.97. The number of hydrogen-bond acceptors (Lipinski definition) is 6. The normalized spacial score (nSPS) is 21.7. The van der Waals surface area contributed by atoms with E-state index in [2.05, 4.69) is 0 Å². The zero-order valence-corrected chi connectivity index (χ0v) is 12.0. The van der Waals surface area contributed by atoms with Crippen molar-refractivity contribution in [2.45, 2.75) is 17.4 Å². The fourth-order valence-corrected chi connectivity index (χ4v) is 4.72. The quantitative estimate of drug-likeness (QED) is 0.478. The van der Waals surface area contributed by atoms with Crippen molar-refractivity contribution >= 4 is 27.5 Å². The minimum absolute atomic E-state index is 0.00481. The van der Waals surface area contributed by atoms with Crippen molar-refractivity contribution in [3.05, 3.63) is 34.4 Å². The Bertz CT molecular complexity index is 571. The first-order valence-corrected chi connectivity index (χ1v) is 8.32. The molecule has 1 aliphatic rings. The number of hydrogen-bond donors (Lipinski definition) is 0. The van der Waals surface area contributed by atoms with Crippen molar-refractivity contribution in [3.63, 3.8) is 0 Å². The Labute approximate surface area is 116 Å². The number of benzene rings is 1. The predicted octanol–water partition coefficient (Wildman–Crippen LogP) is 1.72. The maximum absolute atomic E-state index is 11.4. The van der Waals surface area contributed by atoms with Crippen molar-refractivity contribution < 1.29 is 13.3 Å². The van der Waals surface area contributed by atoms with Gasteiger partial charge in [0, 0.05) is 23.1 Å². The van der Waals surface area contributed by atoms with E-state index in [-0.39, 0.29) is 23.2 Å². The summed E-state index contributed by atoms with van der Waals surface area (Å²) >= 11 is 1.41. The van der Waals surface area contributed by atoms with Crippen LogP contribution in [0.2, 0.25) is 0 Å². The summed E-state index contributed by atoms with van der Waals surface area (Å²) in [6.45, 7) is 0. The molecule has 8 heteroatoms. The highest BCUT2D eigenvalue weighted by atomic mass is 32.2. The molecule has 0 aromatic heterocycles. The third-order valence-corrected chi connectivity index (χ3v) is 5.84.